The molecule has 0 amide bonds. The normalized spacial score (nSPS) is 12.9. The largest absolute Gasteiger partial charge is 0.484 e. The Morgan fingerprint density at radius 2 is 1.94 bits per heavy atom. The van der Waals surface area contributed by atoms with Crippen molar-refractivity contribution in [2.45, 2.75) is 25.3 Å². The maximum Gasteiger partial charge on any atom is 0.341 e. The number of anilines is 1. The molecule has 3 aromatic rings. The van der Waals surface area contributed by atoms with Crippen LogP contribution in [0.1, 0.15) is 35.5 Å². The first kappa shape index (κ1) is 24.5. The van der Waals surface area contributed by atoms with Crippen LogP contribution in [0, 0.1) is 5.82 Å². The Kier molecular flexibility index (Phi) is 6.95. The Morgan fingerprint density at radius 1 is 1.17 bits per heavy atom. The van der Waals surface area contributed by atoms with E-state index in [1.807, 2.05) is 13.8 Å². The standard InChI is InChI=1S/C25H25FN2O6S/c1-3-28(4-2)12-5-6-16-14-17(26)7-10-22(16)35(31,32)27-20-9-8-19-18-11-13-33-21(18)15-34-24(19)23(20)25(29)30/h5-11,13-14,27H,3-4,12,15H2,1-2H3,(H,29,30)/b6-5-. The van der Waals surface area contributed by atoms with E-state index in [-0.39, 0.29) is 34.1 Å². The fourth-order valence-corrected chi connectivity index (χ4v) is 5.23. The lowest BCUT2D eigenvalue weighted by atomic mass is 9.98. The highest BCUT2D eigenvalue weighted by Gasteiger charge is 2.29. The third kappa shape index (κ3) is 4.94. The number of rotatable bonds is 9. The number of benzene rings is 2. The molecule has 35 heavy (non-hydrogen) atoms. The van der Waals surface area contributed by atoms with Gasteiger partial charge in [-0.25, -0.2) is 17.6 Å². The zero-order chi connectivity index (χ0) is 25.2. The highest BCUT2D eigenvalue weighted by atomic mass is 32.2. The molecule has 0 bridgehead atoms. The number of carboxylic acids is 1. The number of carbonyl (C=O) groups is 1. The maximum absolute atomic E-state index is 14.0. The van der Waals surface area contributed by atoms with Crippen LogP contribution in [-0.2, 0) is 16.6 Å². The number of ether oxygens (including phenoxy) is 1. The van der Waals surface area contributed by atoms with Crippen LogP contribution in [0.25, 0.3) is 17.2 Å². The van der Waals surface area contributed by atoms with Crippen molar-refractivity contribution in [2.75, 3.05) is 24.4 Å². The van der Waals surface area contributed by atoms with Crippen LogP contribution in [0.5, 0.6) is 5.75 Å². The molecule has 10 heteroatoms. The van der Waals surface area contributed by atoms with Gasteiger partial charge in [0, 0.05) is 17.7 Å². The molecule has 0 saturated carbocycles. The summed E-state index contributed by atoms with van der Waals surface area (Å²) in [5.41, 5.74) is 0.840. The Hall–Kier alpha value is -3.63. The van der Waals surface area contributed by atoms with Crippen LogP contribution in [0.2, 0.25) is 0 Å². The SMILES string of the molecule is CCN(CC)C/C=C\c1cc(F)ccc1S(=O)(=O)Nc1ccc2c(c1C(=O)O)OCc1occc1-2. The van der Waals surface area contributed by atoms with Crippen LogP contribution >= 0.6 is 0 Å². The molecule has 0 aliphatic carbocycles. The first-order valence-corrected chi connectivity index (χ1v) is 12.5. The molecule has 4 rings (SSSR count). The lowest BCUT2D eigenvalue weighted by Gasteiger charge is -2.21. The smallest absolute Gasteiger partial charge is 0.341 e. The average molecular weight is 501 g/mol. The molecule has 0 atom stereocenters. The Morgan fingerprint density at radius 3 is 2.66 bits per heavy atom. The van der Waals surface area contributed by atoms with Gasteiger partial charge >= 0.3 is 5.97 Å². The van der Waals surface area contributed by atoms with Gasteiger partial charge in [-0.1, -0.05) is 26.0 Å². The van der Waals surface area contributed by atoms with Gasteiger partial charge in [0.2, 0.25) is 0 Å². The molecule has 0 fully saturated rings. The second-order valence-corrected chi connectivity index (χ2v) is 9.54. The molecular formula is C25H25FN2O6S. The van der Waals surface area contributed by atoms with Crippen LogP contribution in [0.15, 0.2) is 58.1 Å². The summed E-state index contributed by atoms with van der Waals surface area (Å²) in [6, 6.07) is 7.96. The van der Waals surface area contributed by atoms with Crippen molar-refractivity contribution in [3.63, 3.8) is 0 Å². The van der Waals surface area contributed by atoms with Crippen LogP contribution in [-0.4, -0.2) is 44.0 Å². The molecular weight excluding hydrogens is 475 g/mol. The molecule has 184 valence electrons. The average Bonchev–Trinajstić information content (AvgIpc) is 3.30. The number of furan rings is 1. The molecule has 2 aromatic carbocycles. The molecule has 2 heterocycles. The summed E-state index contributed by atoms with van der Waals surface area (Å²) in [5, 5.41) is 9.89. The second kappa shape index (κ2) is 9.93. The molecule has 1 aromatic heterocycles. The first-order chi connectivity index (χ1) is 16.7. The quantitative estimate of drug-likeness (QED) is 0.433. The van der Waals surface area contributed by atoms with E-state index in [1.54, 1.807) is 24.3 Å². The fourth-order valence-electron chi connectivity index (χ4n) is 3.98. The molecule has 0 saturated heterocycles. The van der Waals surface area contributed by atoms with E-state index in [1.165, 1.54) is 12.3 Å². The Bertz CT molecular complexity index is 1390. The summed E-state index contributed by atoms with van der Waals surface area (Å²) in [4.78, 5) is 14.1. The van der Waals surface area contributed by atoms with Gasteiger partial charge in [-0.15, -0.1) is 0 Å². The number of carboxylic acid groups (broad SMARTS) is 1. The van der Waals surface area contributed by atoms with Crippen molar-refractivity contribution in [3.05, 3.63) is 71.4 Å². The molecule has 8 nitrogen and oxygen atoms in total. The topological polar surface area (TPSA) is 109 Å². The minimum atomic E-state index is -4.27. The summed E-state index contributed by atoms with van der Waals surface area (Å²) in [6.45, 7) is 6.23. The zero-order valence-electron chi connectivity index (χ0n) is 19.2. The van der Waals surface area contributed by atoms with E-state index < -0.39 is 21.8 Å². The number of nitrogens with one attached hydrogen (secondary N) is 1. The summed E-state index contributed by atoms with van der Waals surface area (Å²) < 4.78 is 53.9. The fraction of sp³-hybridized carbons (Fsp3) is 0.240. The minimum absolute atomic E-state index is 0.0191. The number of likely N-dealkylation sites (N-methyl/N-ethyl adjacent to an activating group) is 1. The molecule has 1 aliphatic heterocycles. The molecule has 0 unspecified atom stereocenters. The number of aromatic carboxylic acids is 1. The van der Waals surface area contributed by atoms with Crippen molar-refractivity contribution in [1.29, 1.82) is 0 Å². The maximum atomic E-state index is 14.0. The summed E-state index contributed by atoms with van der Waals surface area (Å²) in [5.74, 6) is -1.35. The zero-order valence-corrected chi connectivity index (χ0v) is 20.1. The van der Waals surface area contributed by atoms with Gasteiger partial charge in [0.05, 0.1) is 16.8 Å². The van der Waals surface area contributed by atoms with Crippen LogP contribution in [0.3, 0.4) is 0 Å². The van der Waals surface area contributed by atoms with Gasteiger partial charge in [0.25, 0.3) is 10.0 Å². The van der Waals surface area contributed by atoms with Crippen molar-refractivity contribution < 1.29 is 31.9 Å². The number of hydrogen-bond acceptors (Lipinski definition) is 6. The van der Waals surface area contributed by atoms with E-state index in [9.17, 15) is 22.7 Å². The van der Waals surface area contributed by atoms with Crippen molar-refractivity contribution in [2.24, 2.45) is 0 Å². The van der Waals surface area contributed by atoms with Crippen molar-refractivity contribution in [3.8, 4) is 16.9 Å². The van der Waals surface area contributed by atoms with E-state index in [0.29, 0.717) is 23.4 Å². The lowest BCUT2D eigenvalue weighted by Crippen LogP contribution is -2.22. The number of sulfonamides is 1. The second-order valence-electron chi connectivity index (χ2n) is 7.89. The van der Waals surface area contributed by atoms with Gasteiger partial charge < -0.3 is 19.2 Å². The third-order valence-electron chi connectivity index (χ3n) is 5.82. The van der Waals surface area contributed by atoms with Gasteiger partial charge in [-0.3, -0.25) is 4.72 Å². The highest BCUT2D eigenvalue weighted by Crippen LogP contribution is 2.43. The predicted molar refractivity (Wildman–Crippen MR) is 129 cm³/mol. The minimum Gasteiger partial charge on any atom is -0.484 e. The van der Waals surface area contributed by atoms with Gasteiger partial charge in [0.15, 0.2) is 0 Å². The lowest BCUT2D eigenvalue weighted by molar-refractivity contribution is 0.0692. The predicted octanol–water partition coefficient (Wildman–Crippen LogP) is 4.83. The monoisotopic (exact) mass is 500 g/mol. The van der Waals surface area contributed by atoms with E-state index in [4.69, 9.17) is 9.15 Å². The highest BCUT2D eigenvalue weighted by molar-refractivity contribution is 7.92. The number of fused-ring (bicyclic) bond motifs is 3. The van der Waals surface area contributed by atoms with E-state index in [2.05, 4.69) is 9.62 Å². The summed E-state index contributed by atoms with van der Waals surface area (Å²) >= 11 is 0. The molecule has 0 radical (unpaired) electrons. The number of nitrogens with zero attached hydrogens (tertiary/aromatic N) is 1. The molecule has 2 N–H and O–H groups in total. The number of hydrogen-bond donors (Lipinski definition) is 2. The van der Waals surface area contributed by atoms with Crippen LogP contribution in [0.4, 0.5) is 10.1 Å². The summed E-state index contributed by atoms with van der Waals surface area (Å²) in [7, 11) is -4.27. The van der Waals surface area contributed by atoms with Gasteiger partial charge in [-0.2, -0.15) is 0 Å². The Labute approximate surface area is 202 Å². The van der Waals surface area contributed by atoms with Gasteiger partial charge in [0.1, 0.15) is 29.5 Å². The van der Waals surface area contributed by atoms with Gasteiger partial charge in [-0.05, 0) is 55.1 Å². The number of halogens is 1. The summed E-state index contributed by atoms with van der Waals surface area (Å²) in [6.07, 6.45) is 4.78. The first-order valence-electron chi connectivity index (χ1n) is 11.1. The van der Waals surface area contributed by atoms with E-state index >= 15 is 0 Å². The molecule has 0 spiro atoms. The van der Waals surface area contributed by atoms with Crippen molar-refractivity contribution in [1.82, 2.24) is 4.90 Å². The third-order valence-corrected chi connectivity index (χ3v) is 7.26. The van der Waals surface area contributed by atoms with Crippen LogP contribution < -0.4 is 9.46 Å². The molecule has 1 aliphatic rings. The van der Waals surface area contributed by atoms with E-state index in [0.717, 1.165) is 31.3 Å². The Balaban J connectivity index is 1.72. The van der Waals surface area contributed by atoms with Crippen molar-refractivity contribution >= 4 is 27.8 Å².